The van der Waals surface area contributed by atoms with Gasteiger partial charge in [-0.2, -0.15) is 0 Å². The van der Waals surface area contributed by atoms with Crippen molar-refractivity contribution in [2.75, 3.05) is 13.2 Å². The molecule has 0 amide bonds. The molecule has 1 aliphatic rings. The van der Waals surface area contributed by atoms with Crippen LogP contribution in [-0.2, 0) is 11.2 Å². The Hall–Kier alpha value is -1.00. The molecule has 1 heterocycles. The summed E-state index contributed by atoms with van der Waals surface area (Å²) in [7, 11) is 0. The van der Waals surface area contributed by atoms with E-state index in [0.717, 1.165) is 38.5 Å². The minimum atomic E-state index is -0.773. The lowest BCUT2D eigenvalue weighted by Gasteiger charge is -2.21. The van der Waals surface area contributed by atoms with Crippen LogP contribution < -0.4 is 5.32 Å². The lowest BCUT2D eigenvalue weighted by Crippen LogP contribution is -2.34. The summed E-state index contributed by atoms with van der Waals surface area (Å²) in [5.74, 6) is -1.50. The molecule has 2 atom stereocenters. The molecule has 0 radical (unpaired) electrons. The molecule has 0 aromatic heterocycles. The van der Waals surface area contributed by atoms with Crippen molar-refractivity contribution >= 4 is 0 Å². The van der Waals surface area contributed by atoms with Gasteiger partial charge in [-0.3, -0.25) is 0 Å². The van der Waals surface area contributed by atoms with Crippen molar-refractivity contribution in [3.8, 4) is 0 Å². The van der Waals surface area contributed by atoms with Gasteiger partial charge >= 0.3 is 0 Å². The summed E-state index contributed by atoms with van der Waals surface area (Å²) in [4.78, 5) is 0. The number of halogens is 2. The smallest absolute Gasteiger partial charge is 0.162 e. The maximum atomic E-state index is 13.7. The second-order valence-electron chi connectivity index (χ2n) is 5.04. The van der Waals surface area contributed by atoms with Crippen molar-refractivity contribution in [3.05, 3.63) is 35.4 Å². The van der Waals surface area contributed by atoms with Gasteiger partial charge in [-0.1, -0.05) is 19.1 Å². The Bertz CT molecular complexity index is 405. The van der Waals surface area contributed by atoms with E-state index in [0.29, 0.717) is 12.0 Å². The average molecular weight is 269 g/mol. The van der Waals surface area contributed by atoms with Crippen LogP contribution in [0.4, 0.5) is 8.78 Å². The first-order valence-corrected chi connectivity index (χ1v) is 6.98. The van der Waals surface area contributed by atoms with Crippen molar-refractivity contribution in [2.24, 2.45) is 0 Å². The lowest BCUT2D eigenvalue weighted by molar-refractivity contribution is 0.0946. The highest BCUT2D eigenvalue weighted by molar-refractivity contribution is 5.20. The third-order valence-corrected chi connectivity index (χ3v) is 3.56. The zero-order chi connectivity index (χ0) is 13.7. The number of hydrogen-bond donors (Lipinski definition) is 1. The molecule has 2 rings (SSSR count). The third kappa shape index (κ3) is 3.98. The first-order chi connectivity index (χ1) is 9.20. The monoisotopic (exact) mass is 269 g/mol. The number of rotatable bonds is 6. The summed E-state index contributed by atoms with van der Waals surface area (Å²) in [5.41, 5.74) is 0.434. The van der Waals surface area contributed by atoms with Crippen molar-refractivity contribution in [1.82, 2.24) is 5.32 Å². The van der Waals surface area contributed by atoms with Gasteiger partial charge in [0, 0.05) is 12.6 Å². The van der Waals surface area contributed by atoms with Crippen LogP contribution in [0.1, 0.15) is 31.7 Å². The van der Waals surface area contributed by atoms with Crippen LogP contribution in [0.3, 0.4) is 0 Å². The van der Waals surface area contributed by atoms with Crippen LogP contribution in [0, 0.1) is 11.6 Å². The number of hydrogen-bond acceptors (Lipinski definition) is 2. The van der Waals surface area contributed by atoms with Crippen LogP contribution in [0.15, 0.2) is 18.2 Å². The van der Waals surface area contributed by atoms with Gasteiger partial charge in [0.15, 0.2) is 11.6 Å². The summed E-state index contributed by atoms with van der Waals surface area (Å²) < 4.78 is 32.5. The molecule has 1 aromatic carbocycles. The molecule has 1 fully saturated rings. The summed E-state index contributed by atoms with van der Waals surface area (Å²) in [6.45, 7) is 3.65. The molecule has 1 aromatic rings. The predicted octanol–water partition coefficient (Wildman–Crippen LogP) is 3.05. The van der Waals surface area contributed by atoms with Gasteiger partial charge in [0.1, 0.15) is 0 Å². The van der Waals surface area contributed by atoms with Gasteiger partial charge in [0.2, 0.25) is 0 Å². The maximum absolute atomic E-state index is 13.7. The summed E-state index contributed by atoms with van der Waals surface area (Å²) in [5, 5.41) is 3.34. The molecule has 0 saturated carbocycles. The maximum Gasteiger partial charge on any atom is 0.162 e. The molecule has 0 spiro atoms. The summed E-state index contributed by atoms with van der Waals surface area (Å²) >= 11 is 0. The Morgan fingerprint density at radius 2 is 2.26 bits per heavy atom. The van der Waals surface area contributed by atoms with E-state index in [1.807, 2.05) is 6.92 Å². The van der Waals surface area contributed by atoms with E-state index < -0.39 is 11.6 Å². The van der Waals surface area contributed by atoms with E-state index >= 15 is 0 Å². The second kappa shape index (κ2) is 6.96. The highest BCUT2D eigenvalue weighted by Crippen LogP contribution is 2.20. The Labute approximate surface area is 113 Å². The van der Waals surface area contributed by atoms with E-state index in [1.54, 1.807) is 12.1 Å². The standard InChI is InChI=1S/C15H21F2NO/c1-2-18-12(10-13-6-4-8-19-13)9-11-5-3-7-14(16)15(11)17/h3,5,7,12-13,18H,2,4,6,8-10H2,1H3. The van der Waals surface area contributed by atoms with E-state index in [9.17, 15) is 8.78 Å². The molecule has 0 aliphatic carbocycles. The number of benzene rings is 1. The Balaban J connectivity index is 2.00. The Morgan fingerprint density at radius 3 is 2.95 bits per heavy atom. The topological polar surface area (TPSA) is 21.3 Å². The number of ether oxygens (including phenoxy) is 1. The fourth-order valence-electron chi connectivity index (χ4n) is 2.65. The first-order valence-electron chi connectivity index (χ1n) is 6.98. The Morgan fingerprint density at radius 1 is 1.42 bits per heavy atom. The van der Waals surface area contributed by atoms with Gasteiger partial charge in [0.25, 0.3) is 0 Å². The average Bonchev–Trinajstić information content (AvgIpc) is 2.88. The van der Waals surface area contributed by atoms with Crippen LogP contribution >= 0.6 is 0 Å². The fourth-order valence-corrected chi connectivity index (χ4v) is 2.65. The molecule has 0 bridgehead atoms. The van der Waals surface area contributed by atoms with E-state index in [-0.39, 0.29) is 12.1 Å². The molecule has 2 unspecified atom stereocenters. The summed E-state index contributed by atoms with van der Waals surface area (Å²) in [6, 6.07) is 4.49. The van der Waals surface area contributed by atoms with E-state index in [2.05, 4.69) is 5.32 Å². The minimum absolute atomic E-state index is 0.129. The fraction of sp³-hybridized carbons (Fsp3) is 0.600. The van der Waals surface area contributed by atoms with Gasteiger partial charge in [-0.25, -0.2) is 8.78 Å². The molecule has 1 saturated heterocycles. The number of likely N-dealkylation sites (N-methyl/N-ethyl adjacent to an activating group) is 1. The summed E-state index contributed by atoms with van der Waals surface area (Å²) in [6.07, 6.45) is 3.76. The molecule has 19 heavy (non-hydrogen) atoms. The zero-order valence-corrected chi connectivity index (χ0v) is 11.3. The zero-order valence-electron chi connectivity index (χ0n) is 11.3. The first kappa shape index (κ1) is 14.4. The minimum Gasteiger partial charge on any atom is -0.378 e. The largest absolute Gasteiger partial charge is 0.378 e. The van der Waals surface area contributed by atoms with E-state index in [4.69, 9.17) is 4.74 Å². The van der Waals surface area contributed by atoms with Gasteiger partial charge in [-0.15, -0.1) is 0 Å². The molecule has 1 aliphatic heterocycles. The van der Waals surface area contributed by atoms with E-state index in [1.165, 1.54) is 0 Å². The Kier molecular flexibility index (Phi) is 5.28. The highest BCUT2D eigenvalue weighted by atomic mass is 19.2. The van der Waals surface area contributed by atoms with Gasteiger partial charge in [-0.05, 0) is 43.9 Å². The normalized spacial score (nSPS) is 20.7. The van der Waals surface area contributed by atoms with Crippen LogP contribution in [-0.4, -0.2) is 25.3 Å². The van der Waals surface area contributed by atoms with Crippen molar-refractivity contribution in [2.45, 2.75) is 44.8 Å². The second-order valence-corrected chi connectivity index (χ2v) is 5.04. The quantitative estimate of drug-likeness (QED) is 0.857. The van der Waals surface area contributed by atoms with Crippen molar-refractivity contribution in [3.63, 3.8) is 0 Å². The lowest BCUT2D eigenvalue weighted by atomic mass is 9.99. The van der Waals surface area contributed by atoms with Gasteiger partial charge in [0.05, 0.1) is 6.10 Å². The molecular weight excluding hydrogens is 248 g/mol. The third-order valence-electron chi connectivity index (χ3n) is 3.56. The molecule has 4 heteroatoms. The molecule has 1 N–H and O–H groups in total. The van der Waals surface area contributed by atoms with Crippen LogP contribution in [0.25, 0.3) is 0 Å². The number of nitrogens with one attached hydrogen (secondary N) is 1. The van der Waals surface area contributed by atoms with Gasteiger partial charge < -0.3 is 10.1 Å². The molecular formula is C15H21F2NO. The highest BCUT2D eigenvalue weighted by Gasteiger charge is 2.21. The van der Waals surface area contributed by atoms with Crippen molar-refractivity contribution in [1.29, 1.82) is 0 Å². The van der Waals surface area contributed by atoms with Crippen molar-refractivity contribution < 1.29 is 13.5 Å². The predicted molar refractivity (Wildman–Crippen MR) is 71.1 cm³/mol. The SMILES string of the molecule is CCNC(Cc1cccc(F)c1F)CC1CCCO1. The van der Waals surface area contributed by atoms with Crippen LogP contribution in [0.5, 0.6) is 0 Å². The molecule has 2 nitrogen and oxygen atoms in total. The van der Waals surface area contributed by atoms with Crippen LogP contribution in [0.2, 0.25) is 0 Å². The molecule has 106 valence electrons.